The maximum absolute atomic E-state index is 11.3. The van der Waals surface area contributed by atoms with E-state index in [1.165, 1.54) is 40.7 Å². The van der Waals surface area contributed by atoms with Gasteiger partial charge in [-0.15, -0.1) is 0 Å². The Balaban J connectivity index is 1.67. The lowest BCUT2D eigenvalue weighted by atomic mass is 9.59. The van der Waals surface area contributed by atoms with E-state index >= 15 is 0 Å². The van der Waals surface area contributed by atoms with Crippen molar-refractivity contribution in [3.63, 3.8) is 0 Å². The van der Waals surface area contributed by atoms with Crippen molar-refractivity contribution >= 4 is 0 Å². The first-order valence-corrected chi connectivity index (χ1v) is 12.3. The van der Waals surface area contributed by atoms with Crippen LogP contribution in [0.4, 0.5) is 0 Å². The highest BCUT2D eigenvalue weighted by molar-refractivity contribution is 5.51. The van der Waals surface area contributed by atoms with E-state index in [0.29, 0.717) is 29.6 Å². The third kappa shape index (κ3) is 3.58. The van der Waals surface area contributed by atoms with Crippen LogP contribution in [-0.2, 0) is 12.8 Å². The third-order valence-corrected chi connectivity index (χ3v) is 9.23. The molecule has 166 valence electrons. The fourth-order valence-corrected chi connectivity index (χ4v) is 7.03. The standard InChI is InChI=1S/C28H42O2/c1-16(2)17(3)7-8-18(4)24-11-12-25-23-13-20-9-10-21(29)14-22(20)19(5)27(23)26(30)15-28(24,25)6/h7-8,13,16-18,21,24-26,29-30H,9-12,14-15H2,1-6H3. The number of hydrogen-bond acceptors (Lipinski definition) is 2. The molecule has 1 aromatic rings. The van der Waals surface area contributed by atoms with E-state index in [4.69, 9.17) is 0 Å². The quantitative estimate of drug-likeness (QED) is 0.575. The van der Waals surface area contributed by atoms with Gasteiger partial charge in [-0.3, -0.25) is 0 Å². The fraction of sp³-hybridized carbons (Fsp3) is 0.714. The van der Waals surface area contributed by atoms with Crippen molar-refractivity contribution in [3.8, 4) is 0 Å². The van der Waals surface area contributed by atoms with Crippen LogP contribution in [0.25, 0.3) is 0 Å². The van der Waals surface area contributed by atoms with Crippen LogP contribution in [0.2, 0.25) is 0 Å². The number of aliphatic hydroxyl groups is 2. The highest BCUT2D eigenvalue weighted by Gasteiger charge is 2.53. The molecule has 0 radical (unpaired) electrons. The van der Waals surface area contributed by atoms with Gasteiger partial charge in [0.1, 0.15) is 0 Å². The van der Waals surface area contributed by atoms with Crippen molar-refractivity contribution in [1.29, 1.82) is 0 Å². The van der Waals surface area contributed by atoms with Crippen LogP contribution < -0.4 is 0 Å². The molecule has 0 saturated heterocycles. The summed E-state index contributed by atoms with van der Waals surface area (Å²) in [4.78, 5) is 0. The number of aryl methyl sites for hydroxylation is 1. The van der Waals surface area contributed by atoms with E-state index in [1.54, 1.807) is 0 Å². The zero-order chi connectivity index (χ0) is 21.8. The minimum Gasteiger partial charge on any atom is -0.393 e. The van der Waals surface area contributed by atoms with Crippen molar-refractivity contribution in [3.05, 3.63) is 46.0 Å². The molecule has 7 unspecified atom stereocenters. The number of hydrogen-bond donors (Lipinski definition) is 2. The van der Waals surface area contributed by atoms with Gasteiger partial charge in [0, 0.05) is 0 Å². The number of fused-ring (bicyclic) bond motifs is 4. The summed E-state index contributed by atoms with van der Waals surface area (Å²) >= 11 is 0. The molecule has 3 aliphatic carbocycles. The Morgan fingerprint density at radius 2 is 1.80 bits per heavy atom. The molecule has 0 bridgehead atoms. The largest absolute Gasteiger partial charge is 0.393 e. The molecular formula is C28H42O2. The zero-order valence-electron chi connectivity index (χ0n) is 19.9. The molecule has 1 fully saturated rings. The van der Waals surface area contributed by atoms with Crippen LogP contribution >= 0.6 is 0 Å². The Hall–Kier alpha value is -1.12. The van der Waals surface area contributed by atoms with Gasteiger partial charge in [-0.05, 0) is 108 Å². The van der Waals surface area contributed by atoms with E-state index in [0.717, 1.165) is 25.7 Å². The predicted molar refractivity (Wildman–Crippen MR) is 125 cm³/mol. The first-order valence-electron chi connectivity index (χ1n) is 12.3. The van der Waals surface area contributed by atoms with Crippen molar-refractivity contribution in [2.45, 2.75) is 98.2 Å². The van der Waals surface area contributed by atoms with E-state index in [2.05, 4.69) is 59.8 Å². The average molecular weight is 411 g/mol. The van der Waals surface area contributed by atoms with E-state index in [1.807, 2.05) is 0 Å². The van der Waals surface area contributed by atoms with Gasteiger partial charge in [0.15, 0.2) is 0 Å². The maximum atomic E-state index is 11.3. The van der Waals surface area contributed by atoms with Crippen molar-refractivity contribution < 1.29 is 10.2 Å². The second kappa shape index (κ2) is 8.10. The highest BCUT2D eigenvalue weighted by atomic mass is 16.3. The van der Waals surface area contributed by atoms with Crippen molar-refractivity contribution in [1.82, 2.24) is 0 Å². The first kappa shape index (κ1) is 22.1. The Morgan fingerprint density at radius 3 is 2.50 bits per heavy atom. The average Bonchev–Trinajstić information content (AvgIpc) is 3.03. The Kier molecular flexibility index (Phi) is 5.96. The molecule has 1 aromatic carbocycles. The van der Waals surface area contributed by atoms with Gasteiger partial charge in [0.05, 0.1) is 12.2 Å². The van der Waals surface area contributed by atoms with Crippen molar-refractivity contribution in [2.75, 3.05) is 0 Å². The van der Waals surface area contributed by atoms with Gasteiger partial charge >= 0.3 is 0 Å². The number of benzene rings is 1. The third-order valence-electron chi connectivity index (χ3n) is 9.23. The topological polar surface area (TPSA) is 40.5 Å². The zero-order valence-corrected chi connectivity index (χ0v) is 19.9. The van der Waals surface area contributed by atoms with Crippen LogP contribution in [0.15, 0.2) is 18.2 Å². The van der Waals surface area contributed by atoms with E-state index < -0.39 is 0 Å². The molecule has 0 aromatic heterocycles. The second-order valence-corrected chi connectivity index (χ2v) is 11.3. The molecule has 0 amide bonds. The lowest BCUT2D eigenvalue weighted by Crippen LogP contribution is -2.37. The molecule has 0 aliphatic heterocycles. The summed E-state index contributed by atoms with van der Waals surface area (Å²) in [6, 6.07) is 2.43. The molecule has 30 heavy (non-hydrogen) atoms. The van der Waals surface area contributed by atoms with E-state index in [9.17, 15) is 10.2 Å². The Bertz CT molecular complexity index is 822. The van der Waals surface area contributed by atoms with Crippen LogP contribution in [0, 0.1) is 36.0 Å². The van der Waals surface area contributed by atoms with Gasteiger partial charge in [0.25, 0.3) is 0 Å². The second-order valence-electron chi connectivity index (χ2n) is 11.3. The molecule has 2 nitrogen and oxygen atoms in total. The number of rotatable bonds is 4. The molecule has 4 rings (SSSR count). The molecule has 0 heterocycles. The molecule has 3 aliphatic rings. The van der Waals surface area contributed by atoms with Crippen LogP contribution in [0.1, 0.15) is 100 Å². The van der Waals surface area contributed by atoms with E-state index in [-0.39, 0.29) is 17.6 Å². The van der Waals surface area contributed by atoms with Crippen LogP contribution in [-0.4, -0.2) is 16.3 Å². The predicted octanol–water partition coefficient (Wildman–Crippen LogP) is 6.27. The normalized spacial score (nSPS) is 35.2. The van der Waals surface area contributed by atoms with Gasteiger partial charge in [0.2, 0.25) is 0 Å². The first-order chi connectivity index (χ1) is 14.1. The van der Waals surface area contributed by atoms with Gasteiger partial charge < -0.3 is 10.2 Å². The molecule has 7 atom stereocenters. The Morgan fingerprint density at radius 1 is 1.07 bits per heavy atom. The van der Waals surface area contributed by atoms with Crippen LogP contribution in [0.5, 0.6) is 0 Å². The maximum Gasteiger partial charge on any atom is 0.0801 e. The molecule has 2 N–H and O–H groups in total. The van der Waals surface area contributed by atoms with Gasteiger partial charge in [-0.1, -0.05) is 52.8 Å². The molecule has 1 saturated carbocycles. The summed E-state index contributed by atoms with van der Waals surface area (Å²) in [6.45, 7) is 13.9. The number of allylic oxidation sites excluding steroid dienone is 2. The van der Waals surface area contributed by atoms with Gasteiger partial charge in [-0.25, -0.2) is 0 Å². The minimum absolute atomic E-state index is 0.159. The number of aliphatic hydroxyl groups excluding tert-OH is 2. The summed E-state index contributed by atoms with van der Waals surface area (Å²) in [5.74, 6) is 3.01. The lowest BCUT2D eigenvalue weighted by molar-refractivity contribution is 0.0437. The molecule has 0 spiro atoms. The SMILES string of the molecule is Cc1c2c(cc3c1C(O)CC1(C)C3CCC1C(C)C=CC(C)C(C)C)CCC(O)C2. The fourth-order valence-electron chi connectivity index (χ4n) is 7.03. The summed E-state index contributed by atoms with van der Waals surface area (Å²) in [5, 5.41) is 21.5. The lowest BCUT2D eigenvalue weighted by Gasteiger charge is -2.46. The van der Waals surface area contributed by atoms with Crippen LogP contribution in [0.3, 0.4) is 0 Å². The summed E-state index contributed by atoms with van der Waals surface area (Å²) in [6.07, 6.45) is 10.2. The summed E-state index contributed by atoms with van der Waals surface area (Å²) < 4.78 is 0. The smallest absolute Gasteiger partial charge is 0.0801 e. The molecule has 2 heteroatoms. The Labute approximate surface area is 183 Å². The summed E-state index contributed by atoms with van der Waals surface area (Å²) in [7, 11) is 0. The minimum atomic E-state index is -0.378. The van der Waals surface area contributed by atoms with Gasteiger partial charge in [-0.2, -0.15) is 0 Å². The summed E-state index contributed by atoms with van der Waals surface area (Å²) in [5.41, 5.74) is 6.78. The molecular weight excluding hydrogens is 368 g/mol. The van der Waals surface area contributed by atoms with Crippen molar-refractivity contribution in [2.24, 2.45) is 29.1 Å². The highest BCUT2D eigenvalue weighted by Crippen LogP contribution is 2.63. The monoisotopic (exact) mass is 410 g/mol.